The quantitative estimate of drug-likeness (QED) is 0.342. The van der Waals surface area contributed by atoms with Gasteiger partial charge in [-0.25, -0.2) is 0 Å². The van der Waals surface area contributed by atoms with Crippen molar-refractivity contribution in [2.24, 2.45) is 0 Å². The molecule has 0 bridgehead atoms. The highest BCUT2D eigenvalue weighted by Crippen LogP contribution is 2.58. The first-order valence-corrected chi connectivity index (χ1v) is 5.10. The zero-order valence-corrected chi connectivity index (χ0v) is 4.50. The first-order valence-electron chi connectivity index (χ1n) is 0.970. The van der Waals surface area contributed by atoms with Crippen LogP contribution < -0.4 is 0 Å². The molecule has 3 heteroatoms. The third-order valence-corrected chi connectivity index (χ3v) is 4.01. The van der Waals surface area contributed by atoms with Crippen molar-refractivity contribution in [3.05, 3.63) is 0 Å². The fourth-order valence-corrected chi connectivity index (χ4v) is 1.91. The predicted molar refractivity (Wildman–Crippen MR) is 26.7 cm³/mol. The Morgan fingerprint density at radius 3 is 2.25 bits per heavy atom. The molecule has 1 aliphatic rings. The van der Waals surface area contributed by atoms with E-state index in [-0.39, 0.29) is 5.90 Å². The zero-order valence-electron chi connectivity index (χ0n) is 1.97. The molecule has 0 nitrogen and oxygen atoms in total. The maximum absolute atomic E-state index is 4.76. The Balaban J connectivity index is 2.60. The molecule has 0 N–H and O–H groups in total. The lowest BCUT2D eigenvalue weighted by Crippen LogP contribution is -1.01. The molecule has 1 rings (SSSR count). The Morgan fingerprint density at radius 2 is 2.25 bits per heavy atom. The van der Waals surface area contributed by atoms with E-state index in [1.54, 1.807) is 0 Å². The van der Waals surface area contributed by atoms with Gasteiger partial charge in [-0.05, 0) is 0 Å². The van der Waals surface area contributed by atoms with Gasteiger partial charge in [0.1, 0.15) is 11.4 Å². The monoisotopic (exact) mass is 109 g/mol. The molecule has 0 amide bonds. The van der Waals surface area contributed by atoms with Crippen molar-refractivity contribution < 1.29 is 0 Å². The van der Waals surface area contributed by atoms with Crippen molar-refractivity contribution in [3.63, 3.8) is 0 Å². The highest BCUT2D eigenvalue weighted by Gasteiger charge is 2.30. The van der Waals surface area contributed by atoms with E-state index in [1.165, 1.54) is 5.49 Å². The number of rotatable bonds is 0. The SMILES string of the molecule is S=[P+]1CS1. The van der Waals surface area contributed by atoms with Crippen molar-refractivity contribution >= 4 is 29.1 Å². The minimum atomic E-state index is 0.130. The highest BCUT2D eigenvalue weighted by molar-refractivity contribution is 8.78. The van der Waals surface area contributed by atoms with E-state index in [2.05, 4.69) is 0 Å². The maximum Gasteiger partial charge on any atom is 0.264 e. The van der Waals surface area contributed by atoms with E-state index in [0.29, 0.717) is 0 Å². The van der Waals surface area contributed by atoms with Gasteiger partial charge in [-0.15, -0.1) is 0 Å². The largest absolute Gasteiger partial charge is 0.264 e. The van der Waals surface area contributed by atoms with Crippen LogP contribution in [0.3, 0.4) is 0 Å². The Morgan fingerprint density at radius 1 is 2.00 bits per heavy atom. The van der Waals surface area contributed by atoms with Crippen molar-refractivity contribution in [1.82, 2.24) is 0 Å². The van der Waals surface area contributed by atoms with Crippen LogP contribution in [0.2, 0.25) is 0 Å². The predicted octanol–water partition coefficient (Wildman–Crippen LogP) is 1.55. The van der Waals surface area contributed by atoms with Crippen molar-refractivity contribution in [2.45, 2.75) is 0 Å². The van der Waals surface area contributed by atoms with Crippen LogP contribution in [0.1, 0.15) is 0 Å². The Labute approximate surface area is 35.1 Å². The molecule has 0 spiro atoms. The van der Waals surface area contributed by atoms with E-state index in [9.17, 15) is 0 Å². The molecule has 1 unspecified atom stereocenters. The summed E-state index contributed by atoms with van der Waals surface area (Å²) in [7, 11) is 0. The summed E-state index contributed by atoms with van der Waals surface area (Å²) in [5, 5.41) is 0. The number of hydrogen-bond donors (Lipinski definition) is 0. The molecule has 0 aromatic carbocycles. The van der Waals surface area contributed by atoms with Gasteiger partial charge in [-0.2, -0.15) is 0 Å². The second-order valence-electron chi connectivity index (χ2n) is 0.591. The molecule has 1 atom stereocenters. The zero-order chi connectivity index (χ0) is 2.99. The molecular formula is CH2PS2+. The summed E-state index contributed by atoms with van der Waals surface area (Å²) in [5.41, 5.74) is 1.28. The fourth-order valence-electron chi connectivity index (χ4n) is 0.0236. The normalized spacial score (nSPS) is 30.5. The average Bonchev–Trinajstić information content (AvgIpc) is 1.75. The summed E-state index contributed by atoms with van der Waals surface area (Å²) in [5.74, 6) is 0.130. The molecule has 0 radical (unpaired) electrons. The van der Waals surface area contributed by atoms with Crippen LogP contribution in [-0.2, 0) is 11.8 Å². The standard InChI is InChI=1S/CH2PS2/c3-2-1-4-2/h1H2/q+1. The minimum Gasteiger partial charge on any atom is 0.146 e. The van der Waals surface area contributed by atoms with Gasteiger partial charge in [0, 0.05) is 0 Å². The molecule has 1 saturated heterocycles. The van der Waals surface area contributed by atoms with Crippen LogP contribution in [-0.4, -0.2) is 5.49 Å². The van der Waals surface area contributed by atoms with Crippen LogP contribution in [0.5, 0.6) is 0 Å². The van der Waals surface area contributed by atoms with Gasteiger partial charge in [-0.1, -0.05) is 0 Å². The molecule has 0 aromatic rings. The molecule has 1 heterocycles. The van der Waals surface area contributed by atoms with Gasteiger partial charge < -0.3 is 0 Å². The molecular weight excluding hydrogens is 107 g/mol. The molecule has 1 fully saturated rings. The van der Waals surface area contributed by atoms with Gasteiger partial charge in [0.25, 0.3) is 5.90 Å². The summed E-state index contributed by atoms with van der Waals surface area (Å²) in [6.07, 6.45) is 0. The fraction of sp³-hybridized carbons (Fsp3) is 1.00. The summed E-state index contributed by atoms with van der Waals surface area (Å²) < 4.78 is 0. The molecule has 22 valence electrons. The smallest absolute Gasteiger partial charge is 0.146 e. The first kappa shape index (κ1) is 3.08. The Hall–Kier alpha value is 0.870. The average molecular weight is 109 g/mol. The molecule has 1 aliphatic heterocycles. The summed E-state index contributed by atoms with van der Waals surface area (Å²) in [6.45, 7) is 0. The lowest BCUT2D eigenvalue weighted by molar-refractivity contribution is 2.41. The van der Waals surface area contributed by atoms with E-state index in [4.69, 9.17) is 11.8 Å². The molecule has 4 heavy (non-hydrogen) atoms. The van der Waals surface area contributed by atoms with E-state index in [0.717, 1.165) is 0 Å². The molecule has 0 saturated carbocycles. The van der Waals surface area contributed by atoms with Crippen LogP contribution in [0.15, 0.2) is 0 Å². The van der Waals surface area contributed by atoms with Crippen molar-refractivity contribution in [3.8, 4) is 0 Å². The first-order chi connectivity index (χ1) is 1.89. The minimum absolute atomic E-state index is 0.130. The Bertz CT molecular complexity index is 44.0. The van der Waals surface area contributed by atoms with Gasteiger partial charge >= 0.3 is 0 Å². The van der Waals surface area contributed by atoms with Crippen molar-refractivity contribution in [1.29, 1.82) is 0 Å². The van der Waals surface area contributed by atoms with Crippen molar-refractivity contribution in [2.75, 3.05) is 5.49 Å². The van der Waals surface area contributed by atoms with Gasteiger partial charge in [0.2, 0.25) is 5.49 Å². The second kappa shape index (κ2) is 0.925. The summed E-state index contributed by atoms with van der Waals surface area (Å²) in [6, 6.07) is 0. The van der Waals surface area contributed by atoms with Crippen LogP contribution in [0.4, 0.5) is 0 Å². The summed E-state index contributed by atoms with van der Waals surface area (Å²) >= 11 is 6.66. The van der Waals surface area contributed by atoms with Gasteiger partial charge in [0.15, 0.2) is 11.8 Å². The molecule has 0 aliphatic carbocycles. The molecule has 0 aromatic heterocycles. The van der Waals surface area contributed by atoms with Gasteiger partial charge in [-0.3, -0.25) is 0 Å². The van der Waals surface area contributed by atoms with Crippen LogP contribution in [0, 0.1) is 0 Å². The maximum atomic E-state index is 4.76. The lowest BCUT2D eigenvalue weighted by atomic mass is 11.9. The lowest BCUT2D eigenvalue weighted by Gasteiger charge is -1.05. The third kappa shape index (κ3) is 0.670. The van der Waals surface area contributed by atoms with E-state index in [1.807, 2.05) is 11.4 Å². The van der Waals surface area contributed by atoms with Gasteiger partial charge in [0.05, 0.1) is 0 Å². The number of hydrogen-bond acceptors (Lipinski definition) is 2. The summed E-state index contributed by atoms with van der Waals surface area (Å²) in [4.78, 5) is 0. The van der Waals surface area contributed by atoms with Crippen LogP contribution in [0.25, 0.3) is 0 Å². The highest BCUT2D eigenvalue weighted by atomic mass is 32.9. The Kier molecular flexibility index (Phi) is 0.711. The van der Waals surface area contributed by atoms with E-state index < -0.39 is 0 Å². The second-order valence-corrected chi connectivity index (χ2v) is 6.66. The topological polar surface area (TPSA) is 0 Å². The third-order valence-electron chi connectivity index (χ3n) is 0.235. The van der Waals surface area contributed by atoms with Crippen LogP contribution >= 0.6 is 17.3 Å². The van der Waals surface area contributed by atoms with E-state index >= 15 is 0 Å².